The topological polar surface area (TPSA) is 70.2 Å². The Balaban J connectivity index is 2.52. The van der Waals surface area contributed by atoms with Gasteiger partial charge in [0.15, 0.2) is 0 Å². The van der Waals surface area contributed by atoms with E-state index in [0.29, 0.717) is 18.3 Å². The second kappa shape index (κ2) is 6.73. The Hall–Kier alpha value is -1.10. The van der Waals surface area contributed by atoms with Gasteiger partial charge in [-0.2, -0.15) is 0 Å². The van der Waals surface area contributed by atoms with Crippen LogP contribution in [0.15, 0.2) is 0 Å². The maximum absolute atomic E-state index is 12.1. The summed E-state index contributed by atoms with van der Waals surface area (Å²) in [7, 11) is 1.60. The third-order valence-corrected chi connectivity index (χ3v) is 3.52. The highest BCUT2D eigenvalue weighted by Gasteiger charge is 2.31. The Morgan fingerprint density at radius 3 is 2.22 bits per heavy atom. The van der Waals surface area contributed by atoms with Gasteiger partial charge in [-0.05, 0) is 31.3 Å². The van der Waals surface area contributed by atoms with Crippen molar-refractivity contribution in [3.63, 3.8) is 0 Å². The van der Waals surface area contributed by atoms with Gasteiger partial charge in [0.1, 0.15) is 6.04 Å². The highest BCUT2D eigenvalue weighted by molar-refractivity contribution is 5.88. The summed E-state index contributed by atoms with van der Waals surface area (Å²) in [6, 6.07) is -0.419. The normalized spacial score (nSPS) is 18.9. The van der Waals surface area contributed by atoms with Crippen molar-refractivity contribution in [3.05, 3.63) is 0 Å². The van der Waals surface area contributed by atoms with Gasteiger partial charge in [0, 0.05) is 13.0 Å². The molecule has 0 aliphatic carbocycles. The van der Waals surface area contributed by atoms with Crippen molar-refractivity contribution in [2.24, 2.45) is 17.8 Å². The number of amides is 2. The van der Waals surface area contributed by atoms with E-state index < -0.39 is 6.04 Å². The monoisotopic (exact) mass is 255 g/mol. The molecule has 0 aromatic carbocycles. The summed E-state index contributed by atoms with van der Waals surface area (Å²) in [5, 5.41) is 8.63. The molecule has 1 aliphatic heterocycles. The lowest BCUT2D eigenvalue weighted by Gasteiger charge is -2.32. The van der Waals surface area contributed by atoms with E-state index >= 15 is 0 Å². The van der Waals surface area contributed by atoms with Crippen LogP contribution in [0.5, 0.6) is 0 Å². The van der Waals surface area contributed by atoms with E-state index in [1.807, 2.05) is 20.8 Å². The van der Waals surface area contributed by atoms with Gasteiger partial charge in [-0.25, -0.2) is 0 Å². The lowest BCUT2D eigenvalue weighted by Crippen LogP contribution is -2.53. The number of carbonyl (C=O) groups excluding carboxylic acids is 2. The summed E-state index contributed by atoms with van der Waals surface area (Å²) in [5.41, 5.74) is 0. The molecular weight excluding hydrogens is 230 g/mol. The van der Waals surface area contributed by atoms with E-state index in [4.69, 9.17) is 0 Å². The third kappa shape index (κ3) is 3.98. The Bertz CT molecular complexity index is 301. The lowest BCUT2D eigenvalue weighted by molar-refractivity contribution is -0.132. The van der Waals surface area contributed by atoms with Crippen LogP contribution < -0.4 is 16.0 Å². The molecule has 0 aromatic rings. The molecule has 18 heavy (non-hydrogen) atoms. The van der Waals surface area contributed by atoms with Gasteiger partial charge in [-0.15, -0.1) is 0 Å². The maximum Gasteiger partial charge on any atom is 0.242 e. The molecule has 5 heteroatoms. The minimum atomic E-state index is -0.419. The zero-order valence-corrected chi connectivity index (χ0v) is 11.7. The van der Waals surface area contributed by atoms with Crippen LogP contribution in [0.25, 0.3) is 0 Å². The largest absolute Gasteiger partial charge is 0.357 e. The van der Waals surface area contributed by atoms with Crippen molar-refractivity contribution >= 4 is 11.8 Å². The summed E-state index contributed by atoms with van der Waals surface area (Å²) in [6.07, 6.45) is 0.668. The molecule has 0 bridgehead atoms. The number of rotatable bonds is 6. The number of hydrogen-bond acceptors (Lipinski definition) is 3. The zero-order chi connectivity index (χ0) is 13.7. The molecule has 2 amide bonds. The molecule has 104 valence electrons. The summed E-state index contributed by atoms with van der Waals surface area (Å²) >= 11 is 0. The van der Waals surface area contributed by atoms with E-state index in [-0.39, 0.29) is 17.7 Å². The van der Waals surface area contributed by atoms with Crippen molar-refractivity contribution in [2.45, 2.75) is 33.2 Å². The third-order valence-electron chi connectivity index (χ3n) is 3.52. The fourth-order valence-corrected chi connectivity index (χ4v) is 2.06. The molecule has 1 rings (SSSR count). The van der Waals surface area contributed by atoms with E-state index in [1.54, 1.807) is 7.05 Å². The summed E-state index contributed by atoms with van der Waals surface area (Å²) in [5.74, 6) is 0.597. The molecule has 2 unspecified atom stereocenters. The zero-order valence-electron chi connectivity index (χ0n) is 11.7. The maximum atomic E-state index is 12.1. The van der Waals surface area contributed by atoms with Gasteiger partial charge in [0.2, 0.25) is 11.8 Å². The summed E-state index contributed by atoms with van der Waals surface area (Å²) < 4.78 is 0. The highest BCUT2D eigenvalue weighted by atomic mass is 16.2. The molecular formula is C13H25N3O2. The van der Waals surface area contributed by atoms with Gasteiger partial charge < -0.3 is 16.0 Å². The fraction of sp³-hybridized carbons (Fsp3) is 0.846. The smallest absolute Gasteiger partial charge is 0.242 e. The van der Waals surface area contributed by atoms with Crippen molar-refractivity contribution in [1.29, 1.82) is 0 Å². The number of hydrogen-bond donors (Lipinski definition) is 3. The molecule has 1 fully saturated rings. The summed E-state index contributed by atoms with van der Waals surface area (Å²) in [4.78, 5) is 23.8. The molecule has 1 aliphatic rings. The van der Waals surface area contributed by atoms with Crippen LogP contribution in [0.1, 0.15) is 27.2 Å². The number of likely N-dealkylation sites (N-methyl/N-ethyl adjacent to an activating group) is 1. The lowest BCUT2D eigenvalue weighted by atomic mass is 9.88. The number of carbonyl (C=O) groups is 2. The first-order valence-electron chi connectivity index (χ1n) is 6.68. The standard InChI is InChI=1S/C13H25N3O2/c1-8(2)5-11(13(18)14-4)16-12(17)9(3)10-6-15-7-10/h8-11,15H,5-7H2,1-4H3,(H,14,18)(H,16,17). The minimum absolute atomic E-state index is 0.0178. The van der Waals surface area contributed by atoms with Crippen LogP contribution >= 0.6 is 0 Å². The molecule has 5 nitrogen and oxygen atoms in total. The van der Waals surface area contributed by atoms with Crippen molar-refractivity contribution < 1.29 is 9.59 Å². The van der Waals surface area contributed by atoms with Crippen molar-refractivity contribution in [2.75, 3.05) is 20.1 Å². The van der Waals surface area contributed by atoms with Crippen LogP contribution in [0.2, 0.25) is 0 Å². The molecule has 0 aromatic heterocycles. The fourth-order valence-electron chi connectivity index (χ4n) is 2.06. The molecule has 1 heterocycles. The molecule has 0 radical (unpaired) electrons. The van der Waals surface area contributed by atoms with Gasteiger partial charge >= 0.3 is 0 Å². The number of nitrogens with one attached hydrogen (secondary N) is 3. The molecule has 2 atom stereocenters. The highest BCUT2D eigenvalue weighted by Crippen LogP contribution is 2.16. The van der Waals surface area contributed by atoms with Gasteiger partial charge in [-0.1, -0.05) is 20.8 Å². The molecule has 1 saturated heterocycles. The molecule has 0 saturated carbocycles. The molecule has 3 N–H and O–H groups in total. The Kier molecular flexibility index (Phi) is 5.59. The van der Waals surface area contributed by atoms with Crippen molar-refractivity contribution in [1.82, 2.24) is 16.0 Å². The Morgan fingerprint density at radius 2 is 1.83 bits per heavy atom. The first-order valence-corrected chi connectivity index (χ1v) is 6.68. The van der Waals surface area contributed by atoms with Crippen LogP contribution in [0.4, 0.5) is 0 Å². The molecule has 0 spiro atoms. The Morgan fingerprint density at radius 1 is 1.22 bits per heavy atom. The van der Waals surface area contributed by atoms with E-state index in [2.05, 4.69) is 16.0 Å². The van der Waals surface area contributed by atoms with E-state index in [0.717, 1.165) is 13.1 Å². The average molecular weight is 255 g/mol. The van der Waals surface area contributed by atoms with E-state index in [9.17, 15) is 9.59 Å². The predicted molar refractivity (Wildman–Crippen MR) is 71.0 cm³/mol. The predicted octanol–water partition coefficient (Wildman–Crippen LogP) is 0.119. The van der Waals surface area contributed by atoms with Gasteiger partial charge in [-0.3, -0.25) is 9.59 Å². The minimum Gasteiger partial charge on any atom is -0.357 e. The van der Waals surface area contributed by atoms with Crippen LogP contribution in [-0.2, 0) is 9.59 Å². The Labute approximate surface area is 109 Å². The quantitative estimate of drug-likeness (QED) is 0.631. The van der Waals surface area contributed by atoms with Gasteiger partial charge in [0.05, 0.1) is 0 Å². The SMILES string of the molecule is CNC(=O)C(CC(C)C)NC(=O)C(C)C1CNC1. The van der Waals surface area contributed by atoms with Gasteiger partial charge in [0.25, 0.3) is 0 Å². The van der Waals surface area contributed by atoms with E-state index in [1.165, 1.54) is 0 Å². The first kappa shape index (κ1) is 15.0. The van der Waals surface area contributed by atoms with Crippen LogP contribution in [0, 0.1) is 17.8 Å². The van der Waals surface area contributed by atoms with Crippen molar-refractivity contribution in [3.8, 4) is 0 Å². The van der Waals surface area contributed by atoms with Crippen LogP contribution in [-0.4, -0.2) is 38.0 Å². The second-order valence-electron chi connectivity index (χ2n) is 5.51. The van der Waals surface area contributed by atoms with Crippen LogP contribution in [0.3, 0.4) is 0 Å². The first-order chi connectivity index (χ1) is 8.45. The summed E-state index contributed by atoms with van der Waals surface area (Å²) in [6.45, 7) is 7.80. The second-order valence-corrected chi connectivity index (χ2v) is 5.51. The average Bonchev–Trinajstić information content (AvgIpc) is 2.23.